The van der Waals surface area contributed by atoms with Gasteiger partial charge in [-0.15, -0.1) is 11.6 Å². The Kier molecular flexibility index (Phi) is 4.52. The summed E-state index contributed by atoms with van der Waals surface area (Å²) >= 11 is 5.76. The van der Waals surface area contributed by atoms with Crippen LogP contribution in [0.25, 0.3) is 0 Å². The number of rotatable bonds is 4. The van der Waals surface area contributed by atoms with Crippen molar-refractivity contribution in [3.8, 4) is 0 Å². The first-order chi connectivity index (χ1) is 7.75. The number of alkyl halides is 1. The Bertz CT molecular complexity index is 502. The molecule has 0 aliphatic heterocycles. The molecule has 0 radical (unpaired) electrons. The van der Waals surface area contributed by atoms with Gasteiger partial charge in [-0.1, -0.05) is 6.07 Å². The van der Waals surface area contributed by atoms with Crippen molar-refractivity contribution in [2.24, 2.45) is 0 Å². The van der Waals surface area contributed by atoms with Crippen LogP contribution < -0.4 is 0 Å². The molecule has 0 aromatic heterocycles. The number of halogens is 2. The van der Waals surface area contributed by atoms with E-state index in [1.54, 1.807) is 13.8 Å². The number of hydrogen-bond acceptors (Lipinski definition) is 2. The first-order valence-corrected chi connectivity index (χ1v) is 6.99. The Hall–Kier alpha value is -0.650. The van der Waals surface area contributed by atoms with Gasteiger partial charge in [-0.2, -0.15) is 4.31 Å². The fourth-order valence-electron chi connectivity index (χ4n) is 1.47. The van der Waals surface area contributed by atoms with Gasteiger partial charge >= 0.3 is 0 Å². The number of nitrogens with zero attached hydrogens (tertiary/aromatic N) is 1. The molecule has 0 N–H and O–H groups in total. The molecule has 0 spiro atoms. The van der Waals surface area contributed by atoms with E-state index in [4.69, 9.17) is 11.6 Å². The molecule has 1 aromatic rings. The van der Waals surface area contributed by atoms with E-state index in [1.165, 1.54) is 19.2 Å². The molecule has 0 bridgehead atoms. The second-order valence-corrected chi connectivity index (χ2v) is 6.73. The van der Waals surface area contributed by atoms with Gasteiger partial charge in [0.15, 0.2) is 0 Å². The Balaban J connectivity index is 3.17. The summed E-state index contributed by atoms with van der Waals surface area (Å²) in [6, 6.07) is 3.71. The van der Waals surface area contributed by atoms with Gasteiger partial charge in [-0.25, -0.2) is 12.8 Å². The maximum atomic E-state index is 13.1. The van der Waals surface area contributed by atoms with E-state index in [2.05, 4.69) is 0 Å². The molecule has 17 heavy (non-hydrogen) atoms. The second-order valence-electron chi connectivity index (χ2n) is 3.98. The van der Waals surface area contributed by atoms with Crippen LogP contribution in [0.5, 0.6) is 0 Å². The molecule has 3 nitrogen and oxygen atoms in total. The fourth-order valence-corrected chi connectivity index (χ4v) is 3.25. The molecule has 1 atom stereocenters. The smallest absolute Gasteiger partial charge is 0.207 e. The van der Waals surface area contributed by atoms with Crippen molar-refractivity contribution in [3.63, 3.8) is 0 Å². The van der Waals surface area contributed by atoms with Crippen molar-refractivity contribution in [3.05, 3.63) is 29.6 Å². The summed E-state index contributed by atoms with van der Waals surface area (Å²) in [5.41, 5.74) is 0.514. The van der Waals surface area contributed by atoms with E-state index in [9.17, 15) is 12.8 Å². The van der Waals surface area contributed by atoms with Crippen LogP contribution in [0.15, 0.2) is 23.1 Å². The van der Waals surface area contributed by atoms with Gasteiger partial charge in [0.25, 0.3) is 0 Å². The third-order valence-electron chi connectivity index (χ3n) is 2.35. The highest BCUT2D eigenvalue weighted by Crippen LogP contribution is 2.20. The molecular formula is C11H15ClFNO2S. The number of sulfonamides is 1. The Morgan fingerprint density at radius 2 is 2.06 bits per heavy atom. The first-order valence-electron chi connectivity index (χ1n) is 5.11. The lowest BCUT2D eigenvalue weighted by Crippen LogP contribution is -2.32. The largest absolute Gasteiger partial charge is 0.243 e. The van der Waals surface area contributed by atoms with Crippen LogP contribution in [0.2, 0.25) is 0 Å². The Labute approximate surface area is 106 Å². The van der Waals surface area contributed by atoms with E-state index >= 15 is 0 Å². The fraction of sp³-hybridized carbons (Fsp3) is 0.455. The number of hydrogen-bond donors (Lipinski definition) is 0. The van der Waals surface area contributed by atoms with E-state index in [0.717, 1.165) is 10.4 Å². The summed E-state index contributed by atoms with van der Waals surface area (Å²) in [6.07, 6.45) is 0. The first kappa shape index (κ1) is 14.4. The van der Waals surface area contributed by atoms with Crippen LogP contribution in [0.3, 0.4) is 0 Å². The zero-order chi connectivity index (χ0) is 13.2. The molecule has 0 saturated heterocycles. The van der Waals surface area contributed by atoms with Crippen LogP contribution >= 0.6 is 11.6 Å². The summed E-state index contributed by atoms with van der Waals surface area (Å²) in [5.74, 6) is -0.568. The molecule has 0 aliphatic rings. The summed E-state index contributed by atoms with van der Waals surface area (Å²) < 4.78 is 38.5. The van der Waals surface area contributed by atoms with Crippen molar-refractivity contribution in [1.82, 2.24) is 4.31 Å². The van der Waals surface area contributed by atoms with E-state index in [-0.39, 0.29) is 16.8 Å². The Morgan fingerprint density at radius 3 is 2.59 bits per heavy atom. The summed E-state index contributed by atoms with van der Waals surface area (Å²) in [4.78, 5) is -0.0164. The predicted molar refractivity (Wildman–Crippen MR) is 66.3 cm³/mol. The highest BCUT2D eigenvalue weighted by atomic mass is 35.5. The second kappa shape index (κ2) is 5.33. The number of benzene rings is 1. The third kappa shape index (κ3) is 3.40. The van der Waals surface area contributed by atoms with Crippen LogP contribution in [-0.2, 0) is 10.0 Å². The average molecular weight is 280 g/mol. The normalized spacial score (nSPS) is 14.0. The van der Waals surface area contributed by atoms with Crippen LogP contribution in [0, 0.1) is 12.7 Å². The minimum absolute atomic E-state index is 0.0164. The zero-order valence-corrected chi connectivity index (χ0v) is 11.5. The lowest BCUT2D eigenvalue weighted by Gasteiger charge is -2.19. The van der Waals surface area contributed by atoms with Gasteiger partial charge < -0.3 is 0 Å². The topological polar surface area (TPSA) is 37.4 Å². The lowest BCUT2D eigenvalue weighted by molar-refractivity contribution is 0.469. The van der Waals surface area contributed by atoms with Gasteiger partial charge in [0, 0.05) is 19.0 Å². The molecule has 1 rings (SSSR count). The maximum absolute atomic E-state index is 13.1. The van der Waals surface area contributed by atoms with Crippen molar-refractivity contribution in [2.75, 3.05) is 13.6 Å². The van der Waals surface area contributed by atoms with Gasteiger partial charge in [0.05, 0.1) is 4.90 Å². The average Bonchev–Trinajstić information content (AvgIpc) is 2.20. The zero-order valence-electron chi connectivity index (χ0n) is 9.94. The molecule has 0 fully saturated rings. The highest BCUT2D eigenvalue weighted by Gasteiger charge is 2.24. The van der Waals surface area contributed by atoms with Gasteiger partial charge in [-0.3, -0.25) is 0 Å². The van der Waals surface area contributed by atoms with Gasteiger partial charge in [0.1, 0.15) is 5.82 Å². The maximum Gasteiger partial charge on any atom is 0.243 e. The lowest BCUT2D eigenvalue weighted by atomic mass is 10.2. The molecule has 6 heteroatoms. The Morgan fingerprint density at radius 1 is 1.47 bits per heavy atom. The summed E-state index contributed by atoms with van der Waals surface area (Å²) in [7, 11) is -2.25. The van der Waals surface area contributed by atoms with E-state index < -0.39 is 15.8 Å². The summed E-state index contributed by atoms with van der Waals surface area (Å²) in [6.45, 7) is 3.51. The van der Waals surface area contributed by atoms with Crippen molar-refractivity contribution >= 4 is 21.6 Å². The third-order valence-corrected chi connectivity index (χ3v) is 4.45. The molecule has 0 saturated carbocycles. The van der Waals surface area contributed by atoms with Crippen molar-refractivity contribution in [1.29, 1.82) is 0 Å². The van der Waals surface area contributed by atoms with Crippen LogP contribution in [0.1, 0.15) is 12.5 Å². The molecule has 96 valence electrons. The molecule has 0 aliphatic carbocycles. The minimum Gasteiger partial charge on any atom is -0.207 e. The van der Waals surface area contributed by atoms with Crippen molar-refractivity contribution in [2.45, 2.75) is 24.1 Å². The quantitative estimate of drug-likeness (QED) is 0.794. The van der Waals surface area contributed by atoms with Gasteiger partial charge in [0.2, 0.25) is 10.0 Å². The van der Waals surface area contributed by atoms with Crippen LogP contribution in [-0.4, -0.2) is 31.7 Å². The predicted octanol–water partition coefficient (Wildman–Crippen LogP) is 2.38. The minimum atomic E-state index is -3.68. The monoisotopic (exact) mass is 279 g/mol. The van der Waals surface area contributed by atoms with Crippen LogP contribution in [0.4, 0.5) is 4.39 Å². The molecule has 0 amide bonds. The molecule has 1 aromatic carbocycles. The molecular weight excluding hydrogens is 265 g/mol. The SMILES string of the molecule is Cc1ccc(F)cc1S(=O)(=O)N(C)CC(C)Cl. The molecule has 1 unspecified atom stereocenters. The van der Waals surface area contributed by atoms with E-state index in [0.29, 0.717) is 5.56 Å². The van der Waals surface area contributed by atoms with E-state index in [1.807, 2.05) is 0 Å². The number of aryl methyl sites for hydroxylation is 1. The highest BCUT2D eigenvalue weighted by molar-refractivity contribution is 7.89. The standard InChI is InChI=1S/C11H15ClFNO2S/c1-8-4-5-10(13)6-11(8)17(15,16)14(3)7-9(2)12/h4-6,9H,7H2,1-3H3. The summed E-state index contributed by atoms with van der Waals surface area (Å²) in [5, 5.41) is -0.302. The van der Waals surface area contributed by atoms with Crippen molar-refractivity contribution < 1.29 is 12.8 Å². The van der Waals surface area contributed by atoms with Gasteiger partial charge in [-0.05, 0) is 31.5 Å². The molecule has 0 heterocycles.